The van der Waals surface area contributed by atoms with Crippen LogP contribution in [0, 0.1) is 0 Å². The summed E-state index contributed by atoms with van der Waals surface area (Å²) >= 11 is 0. The number of hydrogen-bond acceptors (Lipinski definition) is 4. The fourth-order valence-corrected chi connectivity index (χ4v) is 2.44. The van der Waals surface area contributed by atoms with Gasteiger partial charge in [0.25, 0.3) is 0 Å². The molecule has 0 saturated heterocycles. The van der Waals surface area contributed by atoms with E-state index in [-0.39, 0.29) is 36.8 Å². The molecule has 0 aliphatic carbocycles. The smallest absolute Gasteiger partial charge is 0.545 e. The molecule has 0 saturated carbocycles. The maximum absolute atomic E-state index is 9.98. The van der Waals surface area contributed by atoms with Gasteiger partial charge in [-0.1, -0.05) is 90.2 Å². The average molecular weight is 459 g/mol. The summed E-state index contributed by atoms with van der Waals surface area (Å²) in [4.78, 5) is 20.0. The Kier molecular flexibility index (Phi) is 39.1. The SMILES string of the molecule is CCCCCCCCC=CC(=O)[O-].CCCCCCCCC=CC(=O)[O-].[Al].[Zn+2]. The maximum atomic E-state index is 9.98. The van der Waals surface area contributed by atoms with Crippen molar-refractivity contribution in [3.8, 4) is 0 Å². The van der Waals surface area contributed by atoms with Crippen LogP contribution >= 0.6 is 0 Å². The van der Waals surface area contributed by atoms with Gasteiger partial charge < -0.3 is 19.8 Å². The predicted octanol–water partition coefficient (Wildman–Crippen LogP) is 3.70. The third-order valence-corrected chi connectivity index (χ3v) is 3.96. The van der Waals surface area contributed by atoms with Gasteiger partial charge >= 0.3 is 19.5 Å². The van der Waals surface area contributed by atoms with Crippen LogP contribution in [-0.4, -0.2) is 29.3 Å². The number of carboxylic acid groups (broad SMARTS) is 2. The van der Waals surface area contributed by atoms with Crippen LogP contribution in [0.15, 0.2) is 24.3 Å². The van der Waals surface area contributed by atoms with Crippen LogP contribution in [0.3, 0.4) is 0 Å². The fourth-order valence-electron chi connectivity index (χ4n) is 2.44. The monoisotopic (exact) mass is 457 g/mol. The summed E-state index contributed by atoms with van der Waals surface area (Å²) in [6, 6.07) is 0. The van der Waals surface area contributed by atoms with Crippen molar-refractivity contribution in [2.75, 3.05) is 0 Å². The van der Waals surface area contributed by atoms with Gasteiger partial charge in [0, 0.05) is 17.4 Å². The topological polar surface area (TPSA) is 80.3 Å². The molecule has 0 fully saturated rings. The number of rotatable bonds is 16. The molecule has 0 aliphatic heterocycles. The van der Waals surface area contributed by atoms with Crippen molar-refractivity contribution in [1.29, 1.82) is 0 Å². The minimum absolute atomic E-state index is 0. The standard InChI is InChI=1S/2C11H20O2.Al.Zn/c2*1-2-3-4-5-6-7-8-9-10-11(12)13;;/h2*9-10H,2-8H2,1H3,(H,12,13);;/q;;;+2/p-2. The summed E-state index contributed by atoms with van der Waals surface area (Å²) in [6.45, 7) is 4.39. The number of hydrogen-bond donors (Lipinski definition) is 0. The third-order valence-electron chi connectivity index (χ3n) is 3.96. The van der Waals surface area contributed by atoms with Crippen LogP contribution < -0.4 is 10.2 Å². The molecule has 0 N–H and O–H groups in total. The fraction of sp³-hybridized carbons (Fsp3) is 0.727. The zero-order chi connectivity index (χ0) is 19.9. The van der Waals surface area contributed by atoms with Crippen molar-refractivity contribution in [2.24, 2.45) is 0 Å². The van der Waals surface area contributed by atoms with Crippen molar-refractivity contribution in [2.45, 2.75) is 104 Å². The summed E-state index contributed by atoms with van der Waals surface area (Å²) in [6.07, 6.45) is 22.2. The first-order valence-electron chi connectivity index (χ1n) is 10.3. The number of carbonyl (C=O) groups excluding carboxylic acids is 2. The Hall–Kier alpha value is -0.424. The molecule has 3 radical (unpaired) electrons. The molecule has 0 aromatic carbocycles. The normalized spacial score (nSPS) is 10.1. The van der Waals surface area contributed by atoms with Gasteiger partial charge in [0.15, 0.2) is 0 Å². The molecular formula is C22H38AlO4Zn. The molecule has 0 bridgehead atoms. The minimum atomic E-state index is -1.09. The van der Waals surface area contributed by atoms with Gasteiger partial charge in [-0.2, -0.15) is 0 Å². The van der Waals surface area contributed by atoms with E-state index in [2.05, 4.69) is 13.8 Å². The molecule has 0 aromatic heterocycles. The number of unbranched alkanes of at least 4 members (excludes halogenated alkanes) is 12. The van der Waals surface area contributed by atoms with Crippen molar-refractivity contribution >= 4 is 29.3 Å². The zero-order valence-electron chi connectivity index (χ0n) is 18.1. The maximum Gasteiger partial charge on any atom is 2.00 e. The molecule has 0 rings (SSSR count). The van der Waals surface area contributed by atoms with Crippen LogP contribution in [0.5, 0.6) is 0 Å². The second-order valence-corrected chi connectivity index (χ2v) is 6.56. The van der Waals surface area contributed by atoms with E-state index in [1.165, 1.54) is 64.2 Å². The van der Waals surface area contributed by atoms with Crippen molar-refractivity contribution in [3.05, 3.63) is 24.3 Å². The molecule has 4 nitrogen and oxygen atoms in total. The summed E-state index contributed by atoms with van der Waals surface area (Å²) < 4.78 is 0. The molecule has 0 aliphatic rings. The number of carbonyl (C=O) groups is 2. The van der Waals surface area contributed by atoms with E-state index in [4.69, 9.17) is 0 Å². The minimum Gasteiger partial charge on any atom is -0.545 e. The Bertz CT molecular complexity index is 349. The van der Waals surface area contributed by atoms with Crippen molar-refractivity contribution < 1.29 is 39.3 Å². The summed E-state index contributed by atoms with van der Waals surface area (Å²) in [5, 5.41) is 20.0. The largest absolute Gasteiger partial charge is 2.00 e. The van der Waals surface area contributed by atoms with Gasteiger partial charge in [-0.15, -0.1) is 0 Å². The predicted molar refractivity (Wildman–Crippen MR) is 110 cm³/mol. The average Bonchev–Trinajstić information content (AvgIpc) is 2.60. The van der Waals surface area contributed by atoms with Crippen LogP contribution in [0.4, 0.5) is 0 Å². The molecular weight excluding hydrogens is 421 g/mol. The van der Waals surface area contributed by atoms with E-state index in [1.54, 1.807) is 12.2 Å². The van der Waals surface area contributed by atoms with Gasteiger partial charge in [-0.05, 0) is 37.8 Å². The van der Waals surface area contributed by atoms with Crippen LogP contribution in [0.1, 0.15) is 104 Å². The third kappa shape index (κ3) is 40.3. The zero-order valence-corrected chi connectivity index (χ0v) is 22.2. The second-order valence-electron chi connectivity index (χ2n) is 6.56. The van der Waals surface area contributed by atoms with E-state index < -0.39 is 11.9 Å². The van der Waals surface area contributed by atoms with Crippen LogP contribution in [-0.2, 0) is 29.1 Å². The van der Waals surface area contributed by atoms with Gasteiger partial charge in [-0.3, -0.25) is 0 Å². The Labute approximate surface area is 196 Å². The van der Waals surface area contributed by atoms with Crippen molar-refractivity contribution in [1.82, 2.24) is 0 Å². The molecule has 6 heteroatoms. The number of aliphatic carboxylic acids is 2. The molecule has 0 spiro atoms. The Morgan fingerprint density at radius 2 is 0.893 bits per heavy atom. The van der Waals surface area contributed by atoms with E-state index in [0.29, 0.717) is 0 Å². The first-order valence-corrected chi connectivity index (χ1v) is 10.3. The second kappa shape index (κ2) is 31.3. The van der Waals surface area contributed by atoms with Gasteiger partial charge in [0.05, 0.1) is 11.9 Å². The number of allylic oxidation sites excluding steroid dienone is 2. The van der Waals surface area contributed by atoms with Crippen molar-refractivity contribution in [3.63, 3.8) is 0 Å². The van der Waals surface area contributed by atoms with Crippen LogP contribution in [0.25, 0.3) is 0 Å². The molecule has 155 valence electrons. The van der Waals surface area contributed by atoms with E-state index in [0.717, 1.165) is 37.8 Å². The quantitative estimate of drug-likeness (QED) is 0.201. The molecule has 28 heavy (non-hydrogen) atoms. The molecule has 0 unspecified atom stereocenters. The van der Waals surface area contributed by atoms with E-state index >= 15 is 0 Å². The Morgan fingerprint density at radius 3 is 1.18 bits per heavy atom. The van der Waals surface area contributed by atoms with E-state index in [1.807, 2.05) is 0 Å². The first kappa shape index (κ1) is 35.0. The van der Waals surface area contributed by atoms with Gasteiger partial charge in [-0.25, -0.2) is 0 Å². The first-order chi connectivity index (χ1) is 12.5. The van der Waals surface area contributed by atoms with Gasteiger partial charge in [0.2, 0.25) is 0 Å². The van der Waals surface area contributed by atoms with Crippen LogP contribution in [0.2, 0.25) is 0 Å². The summed E-state index contributed by atoms with van der Waals surface area (Å²) in [7, 11) is 0. The summed E-state index contributed by atoms with van der Waals surface area (Å²) in [5.74, 6) is -2.18. The molecule has 0 aromatic rings. The van der Waals surface area contributed by atoms with E-state index in [9.17, 15) is 19.8 Å². The Morgan fingerprint density at radius 1 is 0.607 bits per heavy atom. The molecule has 0 heterocycles. The van der Waals surface area contributed by atoms with Gasteiger partial charge in [0.1, 0.15) is 0 Å². The Balaban J connectivity index is -0.000000192. The summed E-state index contributed by atoms with van der Waals surface area (Å²) in [5.41, 5.74) is 0. The number of carboxylic acids is 2. The molecule has 0 atom stereocenters. The molecule has 0 amide bonds.